The zero-order chi connectivity index (χ0) is 16.1. The minimum absolute atomic E-state index is 0.120. The molecule has 1 heterocycles. The molecule has 22 heavy (non-hydrogen) atoms. The van der Waals surface area contributed by atoms with E-state index in [0.717, 1.165) is 16.3 Å². The maximum atomic E-state index is 11.9. The van der Waals surface area contributed by atoms with Crippen LogP contribution >= 0.6 is 11.3 Å². The third-order valence-corrected chi connectivity index (χ3v) is 3.80. The SMILES string of the molecule is Cc1csc(-c2ccc(OCC(C)C)c(C(=O)OC=O)c2)n1. The molecule has 0 amide bonds. The van der Waals surface area contributed by atoms with Gasteiger partial charge in [-0.3, -0.25) is 4.79 Å². The fourth-order valence-corrected chi connectivity index (χ4v) is 2.59. The number of esters is 1. The van der Waals surface area contributed by atoms with Crippen molar-refractivity contribution in [2.45, 2.75) is 20.8 Å². The number of rotatable bonds is 6. The van der Waals surface area contributed by atoms with Crippen LogP contribution in [0.5, 0.6) is 5.75 Å². The minimum Gasteiger partial charge on any atom is -0.492 e. The van der Waals surface area contributed by atoms with E-state index in [-0.39, 0.29) is 12.0 Å². The van der Waals surface area contributed by atoms with Gasteiger partial charge < -0.3 is 9.47 Å². The molecular formula is C16H17NO4S. The van der Waals surface area contributed by atoms with E-state index in [2.05, 4.69) is 9.72 Å². The number of aromatic nitrogens is 1. The Morgan fingerprint density at radius 2 is 2.18 bits per heavy atom. The lowest BCUT2D eigenvalue weighted by molar-refractivity contribution is -0.123. The molecule has 0 unspecified atom stereocenters. The summed E-state index contributed by atoms with van der Waals surface area (Å²) in [7, 11) is 0. The normalized spacial score (nSPS) is 10.5. The second-order valence-electron chi connectivity index (χ2n) is 5.21. The minimum atomic E-state index is -0.733. The van der Waals surface area contributed by atoms with Crippen LogP contribution in [0.25, 0.3) is 10.6 Å². The number of nitrogens with zero attached hydrogens (tertiary/aromatic N) is 1. The number of ether oxygens (including phenoxy) is 2. The monoisotopic (exact) mass is 319 g/mol. The average molecular weight is 319 g/mol. The maximum Gasteiger partial charge on any atom is 0.349 e. The molecule has 0 radical (unpaired) electrons. The molecule has 1 aromatic heterocycles. The molecule has 5 nitrogen and oxygen atoms in total. The molecule has 0 atom stereocenters. The van der Waals surface area contributed by atoms with Crippen molar-refractivity contribution >= 4 is 23.8 Å². The van der Waals surface area contributed by atoms with Gasteiger partial charge in [-0.1, -0.05) is 13.8 Å². The summed E-state index contributed by atoms with van der Waals surface area (Å²) in [5, 5.41) is 2.73. The second-order valence-corrected chi connectivity index (χ2v) is 6.07. The van der Waals surface area contributed by atoms with Gasteiger partial charge in [0.05, 0.1) is 6.61 Å². The van der Waals surface area contributed by atoms with E-state index in [1.165, 1.54) is 11.3 Å². The van der Waals surface area contributed by atoms with Crippen molar-refractivity contribution in [2.75, 3.05) is 6.61 Å². The summed E-state index contributed by atoms with van der Waals surface area (Å²) in [6.07, 6.45) is 0. The molecule has 0 spiro atoms. The summed E-state index contributed by atoms with van der Waals surface area (Å²) in [6, 6.07) is 5.18. The number of benzene rings is 1. The summed E-state index contributed by atoms with van der Waals surface area (Å²) in [6.45, 7) is 6.51. The van der Waals surface area contributed by atoms with Crippen molar-refractivity contribution in [3.05, 3.63) is 34.8 Å². The Labute approximate surface area is 132 Å². The quantitative estimate of drug-likeness (QED) is 0.463. The molecule has 0 aliphatic carbocycles. The highest BCUT2D eigenvalue weighted by Crippen LogP contribution is 2.29. The predicted octanol–water partition coefficient (Wildman–Crippen LogP) is 3.47. The lowest BCUT2D eigenvalue weighted by atomic mass is 10.1. The molecule has 0 bridgehead atoms. The molecule has 0 aliphatic heterocycles. The smallest absolute Gasteiger partial charge is 0.349 e. The standard InChI is InChI=1S/C16H17NO4S/c1-10(2)7-20-14-5-4-12(15-17-11(3)8-22-15)6-13(14)16(19)21-9-18/h4-6,8-10H,7H2,1-3H3. The van der Waals surface area contributed by atoms with Crippen molar-refractivity contribution in [3.63, 3.8) is 0 Å². The van der Waals surface area contributed by atoms with Gasteiger partial charge in [-0.05, 0) is 31.0 Å². The van der Waals surface area contributed by atoms with Crippen molar-refractivity contribution < 1.29 is 19.1 Å². The summed E-state index contributed by atoms with van der Waals surface area (Å²) < 4.78 is 10.1. The van der Waals surface area contributed by atoms with E-state index in [1.54, 1.807) is 12.1 Å². The van der Waals surface area contributed by atoms with Gasteiger partial charge in [0, 0.05) is 16.6 Å². The Morgan fingerprint density at radius 1 is 1.41 bits per heavy atom. The predicted molar refractivity (Wildman–Crippen MR) is 84.1 cm³/mol. The summed E-state index contributed by atoms with van der Waals surface area (Å²) in [4.78, 5) is 26.8. The van der Waals surface area contributed by atoms with Crippen LogP contribution in [0, 0.1) is 12.8 Å². The fourth-order valence-electron chi connectivity index (χ4n) is 1.80. The number of hydrogen-bond donors (Lipinski definition) is 0. The highest BCUT2D eigenvalue weighted by atomic mass is 32.1. The van der Waals surface area contributed by atoms with E-state index in [4.69, 9.17) is 4.74 Å². The van der Waals surface area contributed by atoms with Crippen LogP contribution in [-0.2, 0) is 9.53 Å². The molecule has 0 saturated heterocycles. The van der Waals surface area contributed by atoms with Gasteiger partial charge in [-0.2, -0.15) is 0 Å². The Hall–Kier alpha value is -2.21. The van der Waals surface area contributed by atoms with Crippen LogP contribution in [-0.4, -0.2) is 24.0 Å². The molecule has 6 heteroatoms. The molecule has 0 aliphatic rings. The maximum absolute atomic E-state index is 11.9. The highest BCUT2D eigenvalue weighted by Gasteiger charge is 2.17. The molecule has 1 aromatic carbocycles. The molecule has 0 saturated carbocycles. The molecular weight excluding hydrogens is 302 g/mol. The van der Waals surface area contributed by atoms with Gasteiger partial charge in [-0.25, -0.2) is 9.78 Å². The molecule has 2 aromatic rings. The topological polar surface area (TPSA) is 65.5 Å². The van der Waals surface area contributed by atoms with Crippen molar-refractivity contribution in [1.82, 2.24) is 4.98 Å². The van der Waals surface area contributed by atoms with E-state index >= 15 is 0 Å². The number of aryl methyl sites for hydroxylation is 1. The van der Waals surface area contributed by atoms with E-state index in [9.17, 15) is 9.59 Å². The summed E-state index contributed by atoms with van der Waals surface area (Å²) >= 11 is 1.49. The number of carbonyl (C=O) groups is 2. The van der Waals surface area contributed by atoms with E-state index in [0.29, 0.717) is 18.3 Å². The van der Waals surface area contributed by atoms with Crippen LogP contribution in [0.15, 0.2) is 23.6 Å². The van der Waals surface area contributed by atoms with Crippen LogP contribution < -0.4 is 4.74 Å². The first-order chi connectivity index (χ1) is 10.5. The van der Waals surface area contributed by atoms with Crippen molar-refractivity contribution in [3.8, 4) is 16.3 Å². The number of carbonyl (C=O) groups excluding carboxylic acids is 2. The first-order valence-corrected chi connectivity index (χ1v) is 7.73. The van der Waals surface area contributed by atoms with Gasteiger partial charge in [-0.15, -0.1) is 11.3 Å². The largest absolute Gasteiger partial charge is 0.492 e. The number of thiazole rings is 1. The Kier molecular flexibility index (Phi) is 5.27. The van der Waals surface area contributed by atoms with Gasteiger partial charge in [0.15, 0.2) is 0 Å². The van der Waals surface area contributed by atoms with Crippen molar-refractivity contribution in [2.24, 2.45) is 5.92 Å². The lowest BCUT2D eigenvalue weighted by Gasteiger charge is -2.12. The lowest BCUT2D eigenvalue weighted by Crippen LogP contribution is -2.10. The molecule has 0 N–H and O–H groups in total. The van der Waals surface area contributed by atoms with Crippen LogP contribution in [0.3, 0.4) is 0 Å². The van der Waals surface area contributed by atoms with Crippen LogP contribution in [0.4, 0.5) is 0 Å². The van der Waals surface area contributed by atoms with E-state index < -0.39 is 5.97 Å². The van der Waals surface area contributed by atoms with Gasteiger partial charge in [0.25, 0.3) is 0 Å². The zero-order valence-electron chi connectivity index (χ0n) is 12.7. The molecule has 116 valence electrons. The fraction of sp³-hybridized carbons (Fsp3) is 0.312. The Morgan fingerprint density at radius 3 is 2.77 bits per heavy atom. The van der Waals surface area contributed by atoms with Gasteiger partial charge in [0.1, 0.15) is 16.3 Å². The third kappa shape index (κ3) is 3.92. The van der Waals surface area contributed by atoms with E-state index in [1.807, 2.05) is 32.2 Å². The Balaban J connectivity index is 2.38. The molecule has 2 rings (SSSR count). The van der Waals surface area contributed by atoms with Gasteiger partial charge in [0.2, 0.25) is 0 Å². The summed E-state index contributed by atoms with van der Waals surface area (Å²) in [5.74, 6) is -0.0160. The first kappa shape index (κ1) is 16.2. The highest BCUT2D eigenvalue weighted by molar-refractivity contribution is 7.13. The zero-order valence-corrected chi connectivity index (χ0v) is 13.5. The Bertz CT molecular complexity index is 679. The van der Waals surface area contributed by atoms with Gasteiger partial charge >= 0.3 is 12.4 Å². The van der Waals surface area contributed by atoms with Crippen LogP contribution in [0.1, 0.15) is 29.9 Å². The average Bonchev–Trinajstić information content (AvgIpc) is 2.91. The second kappa shape index (κ2) is 7.17. The third-order valence-electron chi connectivity index (χ3n) is 2.79. The van der Waals surface area contributed by atoms with Crippen LogP contribution in [0.2, 0.25) is 0 Å². The summed E-state index contributed by atoms with van der Waals surface area (Å²) in [5.41, 5.74) is 1.92. The van der Waals surface area contributed by atoms with Crippen molar-refractivity contribution in [1.29, 1.82) is 0 Å². The first-order valence-electron chi connectivity index (χ1n) is 6.85. The molecule has 0 fully saturated rings. The number of hydrogen-bond acceptors (Lipinski definition) is 6.